The molecule has 0 radical (unpaired) electrons. The lowest BCUT2D eigenvalue weighted by molar-refractivity contribution is 0.101. The number of rotatable bonds is 4. The van der Waals surface area contributed by atoms with Crippen LogP contribution >= 0.6 is 0 Å². The molecule has 0 saturated carbocycles. The summed E-state index contributed by atoms with van der Waals surface area (Å²) in [7, 11) is 1.68. The number of carbonyl (C=O) groups excluding carboxylic acids is 1. The molecule has 0 atom stereocenters. The molecule has 0 saturated heterocycles. The smallest absolute Gasteiger partial charge is 0.161 e. The van der Waals surface area contributed by atoms with E-state index in [-0.39, 0.29) is 11.6 Å². The largest absolute Gasteiger partial charge is 0.380 e. The van der Waals surface area contributed by atoms with Crippen molar-refractivity contribution in [1.82, 2.24) is 0 Å². The van der Waals surface area contributed by atoms with Gasteiger partial charge in [0.05, 0.1) is 6.61 Å². The molecule has 0 aromatic heterocycles. The van der Waals surface area contributed by atoms with E-state index in [0.29, 0.717) is 12.2 Å². The van der Waals surface area contributed by atoms with Crippen LogP contribution in [-0.2, 0) is 4.74 Å². The van der Waals surface area contributed by atoms with E-state index in [1.165, 1.54) is 24.6 Å². The van der Waals surface area contributed by atoms with Gasteiger partial charge >= 0.3 is 0 Å². The molecule has 1 aliphatic heterocycles. The normalized spacial score (nSPS) is 15.3. The van der Waals surface area contributed by atoms with Crippen molar-refractivity contribution in [2.45, 2.75) is 13.3 Å². The molecule has 1 aromatic carbocycles. The van der Waals surface area contributed by atoms with Crippen LogP contribution in [0.4, 0.5) is 10.1 Å². The van der Waals surface area contributed by atoms with E-state index < -0.39 is 0 Å². The van der Waals surface area contributed by atoms with Crippen LogP contribution in [0.2, 0.25) is 0 Å². The van der Waals surface area contributed by atoms with Crippen molar-refractivity contribution in [2.75, 3.05) is 31.7 Å². The number of ether oxygens (including phenoxy) is 1. The molecular weight excluding hydrogens is 245 g/mol. The Hall–Kier alpha value is -1.68. The van der Waals surface area contributed by atoms with Crippen LogP contribution in [0.25, 0.3) is 0 Å². The predicted molar refractivity (Wildman–Crippen MR) is 73.2 cm³/mol. The van der Waals surface area contributed by atoms with Gasteiger partial charge in [-0.1, -0.05) is 6.08 Å². The maximum Gasteiger partial charge on any atom is 0.161 e. The summed E-state index contributed by atoms with van der Waals surface area (Å²) in [6.07, 6.45) is 3.02. The number of halogens is 1. The second-order valence-corrected chi connectivity index (χ2v) is 4.71. The average molecular weight is 263 g/mol. The van der Waals surface area contributed by atoms with Gasteiger partial charge in [-0.05, 0) is 37.1 Å². The number of carbonyl (C=O) groups is 1. The molecule has 102 valence electrons. The van der Waals surface area contributed by atoms with Crippen LogP contribution in [0.5, 0.6) is 0 Å². The van der Waals surface area contributed by atoms with Crippen molar-refractivity contribution >= 4 is 11.5 Å². The quantitative estimate of drug-likeness (QED) is 0.618. The van der Waals surface area contributed by atoms with Gasteiger partial charge in [-0.15, -0.1) is 0 Å². The fraction of sp³-hybridized carbons (Fsp3) is 0.400. The Balaban J connectivity index is 2.22. The summed E-state index contributed by atoms with van der Waals surface area (Å²) >= 11 is 0. The molecular formula is C15H18FNO2. The van der Waals surface area contributed by atoms with E-state index in [0.717, 1.165) is 25.2 Å². The molecule has 4 heteroatoms. The minimum absolute atomic E-state index is 0.110. The van der Waals surface area contributed by atoms with E-state index >= 15 is 0 Å². The van der Waals surface area contributed by atoms with Crippen molar-refractivity contribution in [3.05, 3.63) is 41.2 Å². The molecule has 2 rings (SSSR count). The maximum absolute atomic E-state index is 13.2. The highest BCUT2D eigenvalue weighted by atomic mass is 19.1. The zero-order valence-electron chi connectivity index (χ0n) is 11.3. The third-order valence-corrected chi connectivity index (χ3v) is 3.31. The van der Waals surface area contributed by atoms with E-state index in [4.69, 9.17) is 4.74 Å². The van der Waals surface area contributed by atoms with E-state index in [1.807, 2.05) is 0 Å². The first-order chi connectivity index (χ1) is 9.11. The first-order valence-corrected chi connectivity index (χ1v) is 6.34. The molecule has 19 heavy (non-hydrogen) atoms. The van der Waals surface area contributed by atoms with Gasteiger partial charge in [0.1, 0.15) is 5.82 Å². The number of methoxy groups -OCH3 is 1. The molecule has 0 N–H and O–H groups in total. The van der Waals surface area contributed by atoms with Crippen LogP contribution in [0.1, 0.15) is 23.7 Å². The van der Waals surface area contributed by atoms with Crippen molar-refractivity contribution in [2.24, 2.45) is 0 Å². The van der Waals surface area contributed by atoms with Crippen molar-refractivity contribution in [1.29, 1.82) is 0 Å². The van der Waals surface area contributed by atoms with Crippen LogP contribution < -0.4 is 4.90 Å². The number of benzene rings is 1. The van der Waals surface area contributed by atoms with Crippen molar-refractivity contribution < 1.29 is 13.9 Å². The van der Waals surface area contributed by atoms with Gasteiger partial charge in [-0.25, -0.2) is 4.39 Å². The Morgan fingerprint density at radius 2 is 2.26 bits per heavy atom. The molecule has 0 aliphatic carbocycles. The Labute approximate surface area is 112 Å². The van der Waals surface area contributed by atoms with Gasteiger partial charge in [-0.2, -0.15) is 0 Å². The summed E-state index contributed by atoms with van der Waals surface area (Å²) in [5, 5.41) is 0. The molecule has 0 spiro atoms. The first-order valence-electron chi connectivity index (χ1n) is 6.34. The van der Waals surface area contributed by atoms with Gasteiger partial charge < -0.3 is 9.64 Å². The zero-order valence-corrected chi connectivity index (χ0v) is 11.3. The Morgan fingerprint density at radius 1 is 1.47 bits per heavy atom. The molecule has 1 aromatic rings. The average Bonchev–Trinajstić information content (AvgIpc) is 2.40. The Bertz CT molecular complexity index is 511. The molecule has 0 amide bonds. The fourth-order valence-electron chi connectivity index (χ4n) is 2.31. The van der Waals surface area contributed by atoms with Crippen LogP contribution in [0.3, 0.4) is 0 Å². The summed E-state index contributed by atoms with van der Waals surface area (Å²) < 4.78 is 18.3. The monoisotopic (exact) mass is 263 g/mol. The molecule has 3 nitrogen and oxygen atoms in total. The fourth-order valence-corrected chi connectivity index (χ4v) is 2.31. The van der Waals surface area contributed by atoms with Crippen LogP contribution in [0.15, 0.2) is 29.8 Å². The molecule has 1 heterocycles. The summed E-state index contributed by atoms with van der Waals surface area (Å²) in [6.45, 7) is 3.66. The number of nitrogens with zero attached hydrogens (tertiary/aromatic N) is 1. The van der Waals surface area contributed by atoms with E-state index in [9.17, 15) is 9.18 Å². The van der Waals surface area contributed by atoms with Gasteiger partial charge in [0.2, 0.25) is 0 Å². The summed E-state index contributed by atoms with van der Waals surface area (Å²) in [6, 6.07) is 4.39. The SMILES string of the molecule is COCC1=CCN(c2ccc(F)cc2C(C)=O)CC1. The van der Waals surface area contributed by atoms with Gasteiger partial charge in [0.15, 0.2) is 5.78 Å². The highest BCUT2D eigenvalue weighted by molar-refractivity contribution is 5.99. The number of hydrogen-bond acceptors (Lipinski definition) is 3. The molecule has 0 fully saturated rings. The second-order valence-electron chi connectivity index (χ2n) is 4.71. The van der Waals surface area contributed by atoms with E-state index in [1.54, 1.807) is 13.2 Å². The van der Waals surface area contributed by atoms with Crippen molar-refractivity contribution in [3.8, 4) is 0 Å². The minimum Gasteiger partial charge on any atom is -0.380 e. The lowest BCUT2D eigenvalue weighted by Gasteiger charge is -2.29. The third kappa shape index (κ3) is 3.20. The summed E-state index contributed by atoms with van der Waals surface area (Å²) in [5.74, 6) is -0.484. The number of ketones is 1. The topological polar surface area (TPSA) is 29.5 Å². The third-order valence-electron chi connectivity index (χ3n) is 3.31. The lowest BCUT2D eigenvalue weighted by Crippen LogP contribution is -2.30. The Kier molecular flexibility index (Phi) is 4.32. The lowest BCUT2D eigenvalue weighted by atomic mass is 10.0. The summed E-state index contributed by atoms with van der Waals surface area (Å²) in [4.78, 5) is 13.7. The number of anilines is 1. The zero-order chi connectivity index (χ0) is 13.8. The Morgan fingerprint density at radius 3 is 2.84 bits per heavy atom. The second kappa shape index (κ2) is 5.97. The molecule has 0 unspecified atom stereocenters. The number of Topliss-reactive ketones (excluding diaryl/α,β-unsaturated/α-hetero) is 1. The first kappa shape index (κ1) is 13.7. The minimum atomic E-state index is -0.374. The van der Waals surface area contributed by atoms with Crippen LogP contribution in [0, 0.1) is 5.82 Å². The predicted octanol–water partition coefficient (Wildman–Crippen LogP) is 2.81. The van der Waals surface area contributed by atoms with Gasteiger partial charge in [0, 0.05) is 31.5 Å². The van der Waals surface area contributed by atoms with Crippen molar-refractivity contribution in [3.63, 3.8) is 0 Å². The standard InChI is InChI=1S/C15H18FNO2/c1-11(18)14-9-13(16)3-4-15(14)17-7-5-12(6-8-17)10-19-2/h3-5,9H,6-8,10H2,1-2H3. The molecule has 0 bridgehead atoms. The van der Waals surface area contributed by atoms with Gasteiger partial charge in [0.25, 0.3) is 0 Å². The van der Waals surface area contributed by atoms with Gasteiger partial charge in [-0.3, -0.25) is 4.79 Å². The highest BCUT2D eigenvalue weighted by Gasteiger charge is 2.17. The summed E-state index contributed by atoms with van der Waals surface area (Å²) in [5.41, 5.74) is 2.52. The molecule has 1 aliphatic rings. The van der Waals surface area contributed by atoms with E-state index in [2.05, 4.69) is 11.0 Å². The number of hydrogen-bond donors (Lipinski definition) is 0. The highest BCUT2D eigenvalue weighted by Crippen LogP contribution is 2.25. The maximum atomic E-state index is 13.2. The van der Waals surface area contributed by atoms with Crippen LogP contribution in [-0.4, -0.2) is 32.6 Å².